The molecule has 0 saturated heterocycles. The molecule has 0 radical (unpaired) electrons. The molecule has 0 aliphatic carbocycles. The molecule has 0 saturated carbocycles. The van der Waals surface area contributed by atoms with Gasteiger partial charge in [0.2, 0.25) is 0 Å². The average molecular weight is 276 g/mol. The third-order valence-electron chi connectivity index (χ3n) is 2.75. The second kappa shape index (κ2) is 5.21. The normalized spacial score (nSPS) is 10.2. The maximum atomic E-state index is 9.14. The SMILES string of the molecule is CN(C)c1nn(Cc2ccc(Cl)cc2)c(N)c1C#N. The topological polar surface area (TPSA) is 70.9 Å². The molecule has 0 aliphatic heterocycles. The van der Waals surface area contributed by atoms with Crippen LogP contribution in [-0.2, 0) is 6.54 Å². The van der Waals surface area contributed by atoms with Gasteiger partial charge in [-0.25, -0.2) is 4.68 Å². The number of hydrogen-bond donors (Lipinski definition) is 1. The Labute approximate surface area is 116 Å². The molecule has 0 aliphatic rings. The van der Waals surface area contributed by atoms with Crippen molar-refractivity contribution in [1.82, 2.24) is 9.78 Å². The van der Waals surface area contributed by atoms with Gasteiger partial charge >= 0.3 is 0 Å². The van der Waals surface area contributed by atoms with E-state index in [4.69, 9.17) is 22.6 Å². The molecule has 1 aromatic carbocycles. The highest BCUT2D eigenvalue weighted by Gasteiger charge is 2.16. The van der Waals surface area contributed by atoms with Crippen LogP contribution in [0.15, 0.2) is 24.3 Å². The maximum Gasteiger partial charge on any atom is 0.170 e. The third-order valence-corrected chi connectivity index (χ3v) is 3.01. The minimum absolute atomic E-state index is 0.376. The number of halogens is 1. The van der Waals surface area contributed by atoms with Gasteiger partial charge in [0.05, 0.1) is 6.54 Å². The molecule has 0 atom stereocenters. The summed E-state index contributed by atoms with van der Waals surface area (Å²) in [6.07, 6.45) is 0. The first-order valence-corrected chi connectivity index (χ1v) is 6.09. The quantitative estimate of drug-likeness (QED) is 0.931. The zero-order chi connectivity index (χ0) is 14.0. The number of nitrogens with zero attached hydrogens (tertiary/aromatic N) is 4. The monoisotopic (exact) mass is 275 g/mol. The molecule has 0 spiro atoms. The van der Waals surface area contributed by atoms with Crippen LogP contribution in [0.5, 0.6) is 0 Å². The van der Waals surface area contributed by atoms with Gasteiger partial charge in [-0.1, -0.05) is 23.7 Å². The molecule has 1 heterocycles. The number of aromatic nitrogens is 2. The van der Waals surface area contributed by atoms with Crippen LogP contribution in [-0.4, -0.2) is 23.9 Å². The first-order chi connectivity index (χ1) is 9.02. The summed E-state index contributed by atoms with van der Waals surface area (Å²) < 4.78 is 1.62. The van der Waals surface area contributed by atoms with Crippen molar-refractivity contribution in [3.63, 3.8) is 0 Å². The summed E-state index contributed by atoms with van der Waals surface area (Å²) in [7, 11) is 3.66. The summed E-state index contributed by atoms with van der Waals surface area (Å²) in [6.45, 7) is 0.505. The number of nitrogen functional groups attached to an aromatic ring is 1. The zero-order valence-corrected chi connectivity index (χ0v) is 11.5. The number of anilines is 2. The highest BCUT2D eigenvalue weighted by molar-refractivity contribution is 6.30. The molecule has 6 heteroatoms. The number of rotatable bonds is 3. The van der Waals surface area contributed by atoms with Crippen molar-refractivity contribution in [2.75, 3.05) is 24.7 Å². The van der Waals surface area contributed by atoms with Crippen LogP contribution in [0.1, 0.15) is 11.1 Å². The summed E-state index contributed by atoms with van der Waals surface area (Å²) in [5.41, 5.74) is 7.38. The lowest BCUT2D eigenvalue weighted by Crippen LogP contribution is -2.11. The van der Waals surface area contributed by atoms with Crippen molar-refractivity contribution in [3.8, 4) is 6.07 Å². The number of nitrogens with two attached hydrogens (primary N) is 1. The fraction of sp³-hybridized carbons (Fsp3) is 0.231. The summed E-state index contributed by atoms with van der Waals surface area (Å²) in [6, 6.07) is 9.53. The van der Waals surface area contributed by atoms with Crippen molar-refractivity contribution in [1.29, 1.82) is 5.26 Å². The Bertz CT molecular complexity index is 622. The molecular weight excluding hydrogens is 262 g/mol. The smallest absolute Gasteiger partial charge is 0.170 e. The van der Waals surface area contributed by atoms with Gasteiger partial charge in [-0.05, 0) is 17.7 Å². The van der Waals surface area contributed by atoms with Gasteiger partial charge < -0.3 is 10.6 Å². The Hall–Kier alpha value is -2.19. The standard InChI is InChI=1S/C13H14ClN5/c1-18(2)13-11(7-15)12(16)19(17-13)8-9-3-5-10(14)6-4-9/h3-6H,8,16H2,1-2H3. The molecular formula is C13H14ClN5. The number of benzene rings is 1. The van der Waals surface area contributed by atoms with Crippen LogP contribution in [0.2, 0.25) is 5.02 Å². The number of hydrogen-bond acceptors (Lipinski definition) is 4. The predicted molar refractivity (Wildman–Crippen MR) is 76.2 cm³/mol. The van der Waals surface area contributed by atoms with Gasteiger partial charge in [0.25, 0.3) is 0 Å². The summed E-state index contributed by atoms with van der Waals surface area (Å²) >= 11 is 5.84. The largest absolute Gasteiger partial charge is 0.383 e. The van der Waals surface area contributed by atoms with Crippen molar-refractivity contribution in [2.45, 2.75) is 6.54 Å². The van der Waals surface area contributed by atoms with Crippen LogP contribution < -0.4 is 10.6 Å². The van der Waals surface area contributed by atoms with Crippen molar-refractivity contribution in [3.05, 3.63) is 40.4 Å². The Balaban J connectivity index is 2.36. The van der Waals surface area contributed by atoms with Gasteiger partial charge in [-0.15, -0.1) is 0 Å². The average Bonchev–Trinajstić information content (AvgIpc) is 2.69. The van der Waals surface area contributed by atoms with E-state index in [0.717, 1.165) is 5.56 Å². The fourth-order valence-corrected chi connectivity index (χ4v) is 1.89. The molecule has 2 N–H and O–H groups in total. The van der Waals surface area contributed by atoms with E-state index in [1.165, 1.54) is 0 Å². The van der Waals surface area contributed by atoms with Crippen LogP contribution >= 0.6 is 11.6 Å². The van der Waals surface area contributed by atoms with Gasteiger partial charge in [0, 0.05) is 19.1 Å². The molecule has 5 nitrogen and oxygen atoms in total. The van der Waals surface area contributed by atoms with Gasteiger partial charge in [0.1, 0.15) is 17.5 Å². The van der Waals surface area contributed by atoms with E-state index in [1.807, 2.05) is 38.4 Å². The first-order valence-electron chi connectivity index (χ1n) is 5.71. The minimum atomic E-state index is 0.376. The molecule has 98 valence electrons. The third kappa shape index (κ3) is 2.64. The van der Waals surface area contributed by atoms with Crippen molar-refractivity contribution >= 4 is 23.2 Å². The molecule has 0 unspecified atom stereocenters. The van der Waals surface area contributed by atoms with E-state index in [9.17, 15) is 0 Å². The molecule has 1 aromatic heterocycles. The number of nitriles is 1. The Morgan fingerprint density at radius 2 is 2.00 bits per heavy atom. The van der Waals surface area contributed by atoms with E-state index in [0.29, 0.717) is 28.8 Å². The lowest BCUT2D eigenvalue weighted by Gasteiger charge is -2.07. The summed E-state index contributed by atoms with van der Waals surface area (Å²) in [5, 5.41) is 14.2. The van der Waals surface area contributed by atoms with E-state index in [-0.39, 0.29) is 0 Å². The maximum absolute atomic E-state index is 9.14. The van der Waals surface area contributed by atoms with Crippen LogP contribution in [0.3, 0.4) is 0 Å². The van der Waals surface area contributed by atoms with Gasteiger partial charge in [-0.2, -0.15) is 10.4 Å². The van der Waals surface area contributed by atoms with E-state index < -0.39 is 0 Å². The second-order valence-corrected chi connectivity index (χ2v) is 4.81. The Kier molecular flexibility index (Phi) is 3.63. The summed E-state index contributed by atoms with van der Waals surface area (Å²) in [4.78, 5) is 1.77. The van der Waals surface area contributed by atoms with Crippen LogP contribution in [0.4, 0.5) is 11.6 Å². The molecule has 19 heavy (non-hydrogen) atoms. The zero-order valence-electron chi connectivity index (χ0n) is 10.8. The lowest BCUT2D eigenvalue weighted by atomic mass is 10.2. The second-order valence-electron chi connectivity index (χ2n) is 4.37. The lowest BCUT2D eigenvalue weighted by molar-refractivity contribution is 0.694. The molecule has 0 amide bonds. The predicted octanol–water partition coefficient (Wildman–Crippen LogP) is 2.10. The highest BCUT2D eigenvalue weighted by Crippen LogP contribution is 2.23. The van der Waals surface area contributed by atoms with E-state index >= 15 is 0 Å². The molecule has 2 rings (SSSR count). The summed E-state index contributed by atoms with van der Waals surface area (Å²) in [5.74, 6) is 0.954. The fourth-order valence-electron chi connectivity index (χ4n) is 1.77. The van der Waals surface area contributed by atoms with E-state index in [2.05, 4.69) is 11.2 Å². The first kappa shape index (κ1) is 13.2. The van der Waals surface area contributed by atoms with Crippen molar-refractivity contribution in [2.24, 2.45) is 0 Å². The highest BCUT2D eigenvalue weighted by atomic mass is 35.5. The van der Waals surface area contributed by atoms with Crippen LogP contribution in [0, 0.1) is 11.3 Å². The Morgan fingerprint density at radius 3 is 2.47 bits per heavy atom. The van der Waals surface area contributed by atoms with E-state index in [1.54, 1.807) is 9.58 Å². The van der Waals surface area contributed by atoms with Crippen molar-refractivity contribution < 1.29 is 0 Å². The minimum Gasteiger partial charge on any atom is -0.383 e. The molecule has 0 bridgehead atoms. The Morgan fingerprint density at radius 1 is 1.37 bits per heavy atom. The van der Waals surface area contributed by atoms with Gasteiger partial charge in [-0.3, -0.25) is 0 Å². The van der Waals surface area contributed by atoms with Gasteiger partial charge in [0.15, 0.2) is 5.82 Å². The van der Waals surface area contributed by atoms with Crippen LogP contribution in [0.25, 0.3) is 0 Å². The molecule has 0 fully saturated rings. The molecule has 2 aromatic rings.